The van der Waals surface area contributed by atoms with Gasteiger partial charge in [0.05, 0.1) is 0 Å². The predicted octanol–water partition coefficient (Wildman–Crippen LogP) is 3.37. The second kappa shape index (κ2) is 6.80. The number of aliphatic carboxylic acids is 1. The molecule has 1 fully saturated rings. The number of halogens is 1. The third-order valence-electron chi connectivity index (χ3n) is 3.78. The van der Waals surface area contributed by atoms with Crippen LogP contribution in [-0.2, 0) is 4.79 Å². The van der Waals surface area contributed by atoms with Gasteiger partial charge in [0.25, 0.3) is 0 Å². The van der Waals surface area contributed by atoms with Gasteiger partial charge in [0.1, 0.15) is 0 Å². The first-order chi connectivity index (χ1) is 9.97. The monoisotopic (exact) mass is 310 g/mol. The van der Waals surface area contributed by atoms with Gasteiger partial charge < -0.3 is 15.3 Å². The Morgan fingerprint density at radius 2 is 2.24 bits per heavy atom. The van der Waals surface area contributed by atoms with Crippen LogP contribution in [0.3, 0.4) is 0 Å². The third kappa shape index (κ3) is 4.11. The predicted molar refractivity (Wildman–Crippen MR) is 81.8 cm³/mol. The first-order valence-electron chi connectivity index (χ1n) is 7.00. The normalized spacial score (nSPS) is 18.4. The molecule has 1 aliphatic heterocycles. The molecule has 5 nitrogen and oxygen atoms in total. The molecule has 114 valence electrons. The number of anilines is 1. The summed E-state index contributed by atoms with van der Waals surface area (Å²) in [5, 5.41) is 12.3. The van der Waals surface area contributed by atoms with Crippen LogP contribution in [0.1, 0.15) is 24.8 Å². The summed E-state index contributed by atoms with van der Waals surface area (Å²) in [6, 6.07) is 5.16. The van der Waals surface area contributed by atoms with Gasteiger partial charge in [-0.25, -0.2) is 4.79 Å². The fraction of sp³-hybridized carbons (Fsp3) is 0.467. The van der Waals surface area contributed by atoms with E-state index < -0.39 is 5.97 Å². The lowest BCUT2D eigenvalue weighted by Crippen LogP contribution is -2.42. The molecule has 1 aromatic carbocycles. The lowest BCUT2D eigenvalue weighted by atomic mass is 9.95. The molecule has 0 spiro atoms. The zero-order valence-electron chi connectivity index (χ0n) is 11.9. The number of piperidine rings is 1. The van der Waals surface area contributed by atoms with Gasteiger partial charge >= 0.3 is 12.0 Å². The minimum absolute atomic E-state index is 0.0301. The summed E-state index contributed by atoms with van der Waals surface area (Å²) in [6.45, 7) is 2.99. The van der Waals surface area contributed by atoms with Crippen LogP contribution in [-0.4, -0.2) is 35.1 Å². The van der Waals surface area contributed by atoms with Gasteiger partial charge in [-0.15, -0.1) is 0 Å². The van der Waals surface area contributed by atoms with Crippen molar-refractivity contribution >= 4 is 29.3 Å². The molecule has 0 saturated carbocycles. The first-order valence-corrected chi connectivity index (χ1v) is 7.38. The number of hydrogen-bond donors (Lipinski definition) is 2. The molecule has 0 radical (unpaired) electrons. The summed E-state index contributed by atoms with van der Waals surface area (Å²) in [4.78, 5) is 24.7. The maximum atomic E-state index is 12.3. The van der Waals surface area contributed by atoms with Gasteiger partial charge in [0.2, 0.25) is 0 Å². The highest BCUT2D eigenvalue weighted by Gasteiger charge is 2.25. The zero-order valence-corrected chi connectivity index (χ0v) is 12.7. The summed E-state index contributed by atoms with van der Waals surface area (Å²) in [5.74, 6) is -0.782. The molecule has 6 heteroatoms. The molecule has 21 heavy (non-hydrogen) atoms. The van der Waals surface area contributed by atoms with Crippen molar-refractivity contribution in [2.45, 2.75) is 26.2 Å². The van der Waals surface area contributed by atoms with Crippen LogP contribution in [0.25, 0.3) is 0 Å². The summed E-state index contributed by atoms with van der Waals surface area (Å²) < 4.78 is 0. The van der Waals surface area contributed by atoms with E-state index in [1.165, 1.54) is 0 Å². The van der Waals surface area contributed by atoms with E-state index in [9.17, 15) is 9.59 Å². The molecule has 1 aromatic rings. The molecule has 2 N–H and O–H groups in total. The van der Waals surface area contributed by atoms with Crippen molar-refractivity contribution in [3.05, 3.63) is 28.8 Å². The quantitative estimate of drug-likeness (QED) is 0.899. The summed E-state index contributed by atoms with van der Waals surface area (Å²) in [6.07, 6.45) is 1.80. The highest BCUT2D eigenvalue weighted by Crippen LogP contribution is 2.24. The Morgan fingerprint density at radius 3 is 2.95 bits per heavy atom. The molecule has 1 unspecified atom stereocenters. The Kier molecular flexibility index (Phi) is 5.07. The highest BCUT2D eigenvalue weighted by atomic mass is 35.5. The number of rotatable bonds is 3. The van der Waals surface area contributed by atoms with Crippen LogP contribution in [0.4, 0.5) is 10.5 Å². The van der Waals surface area contributed by atoms with Crippen molar-refractivity contribution in [2.75, 3.05) is 18.4 Å². The zero-order chi connectivity index (χ0) is 15.4. The van der Waals surface area contributed by atoms with Gasteiger partial charge in [-0.1, -0.05) is 17.7 Å². The number of benzene rings is 1. The fourth-order valence-electron chi connectivity index (χ4n) is 2.60. The molecule has 1 aliphatic rings. The minimum Gasteiger partial charge on any atom is -0.481 e. The second-order valence-electron chi connectivity index (χ2n) is 5.39. The molecular weight excluding hydrogens is 292 g/mol. The number of urea groups is 1. The number of carbonyl (C=O) groups excluding carboxylic acids is 1. The van der Waals surface area contributed by atoms with Gasteiger partial charge in [0, 0.05) is 30.2 Å². The van der Waals surface area contributed by atoms with Crippen molar-refractivity contribution in [1.29, 1.82) is 0 Å². The van der Waals surface area contributed by atoms with Crippen molar-refractivity contribution in [3.8, 4) is 0 Å². The Labute approximate surface area is 128 Å². The van der Waals surface area contributed by atoms with E-state index in [1.54, 1.807) is 23.1 Å². The topological polar surface area (TPSA) is 69.6 Å². The van der Waals surface area contributed by atoms with Gasteiger partial charge in [0.15, 0.2) is 0 Å². The number of carbonyl (C=O) groups is 2. The first kappa shape index (κ1) is 15.6. The third-order valence-corrected chi connectivity index (χ3v) is 4.19. The van der Waals surface area contributed by atoms with Crippen molar-refractivity contribution in [2.24, 2.45) is 5.92 Å². The number of likely N-dealkylation sites (tertiary alicyclic amines) is 1. The standard InChI is InChI=1S/C15H19ClN2O3/c1-10-12(16)5-2-6-13(10)17-15(21)18-7-3-4-11(9-18)8-14(19)20/h2,5-6,11H,3-4,7-9H2,1H3,(H,17,21)(H,19,20). The lowest BCUT2D eigenvalue weighted by Gasteiger charge is -2.32. The molecule has 0 aliphatic carbocycles. The van der Waals surface area contributed by atoms with Crippen LogP contribution in [0.2, 0.25) is 5.02 Å². The van der Waals surface area contributed by atoms with Crippen molar-refractivity contribution in [1.82, 2.24) is 4.90 Å². The van der Waals surface area contributed by atoms with Crippen LogP contribution in [0.5, 0.6) is 0 Å². The molecule has 2 rings (SSSR count). The van der Waals surface area contributed by atoms with Crippen molar-refractivity contribution < 1.29 is 14.7 Å². The molecule has 1 saturated heterocycles. The molecule has 1 heterocycles. The van der Waals surface area contributed by atoms with E-state index in [2.05, 4.69) is 5.32 Å². The number of amides is 2. The summed E-state index contributed by atoms with van der Waals surface area (Å²) in [7, 11) is 0. The average Bonchev–Trinajstić information content (AvgIpc) is 2.43. The number of carboxylic acids is 1. The maximum Gasteiger partial charge on any atom is 0.321 e. The Bertz CT molecular complexity index is 548. The number of nitrogens with zero attached hydrogens (tertiary/aromatic N) is 1. The number of hydrogen-bond acceptors (Lipinski definition) is 2. The summed E-state index contributed by atoms with van der Waals surface area (Å²) in [5.41, 5.74) is 1.51. The lowest BCUT2D eigenvalue weighted by molar-refractivity contribution is -0.138. The van der Waals surface area contributed by atoms with E-state index >= 15 is 0 Å². The SMILES string of the molecule is Cc1c(Cl)cccc1NC(=O)N1CCCC(CC(=O)O)C1. The second-order valence-corrected chi connectivity index (χ2v) is 5.80. The van der Waals surface area contributed by atoms with E-state index in [0.717, 1.165) is 18.4 Å². The molecule has 1 atom stereocenters. The molecule has 0 aromatic heterocycles. The van der Waals surface area contributed by atoms with Crippen molar-refractivity contribution in [3.63, 3.8) is 0 Å². The van der Waals surface area contributed by atoms with E-state index in [4.69, 9.17) is 16.7 Å². The maximum absolute atomic E-state index is 12.3. The largest absolute Gasteiger partial charge is 0.481 e. The van der Waals surface area contributed by atoms with E-state index in [0.29, 0.717) is 23.8 Å². The molecular formula is C15H19ClN2O3. The fourth-order valence-corrected chi connectivity index (χ4v) is 2.77. The average molecular weight is 311 g/mol. The van der Waals surface area contributed by atoms with E-state index in [-0.39, 0.29) is 18.4 Å². The van der Waals surface area contributed by atoms with Gasteiger partial charge in [-0.05, 0) is 43.4 Å². The van der Waals surface area contributed by atoms with Crippen LogP contribution in [0, 0.1) is 12.8 Å². The Balaban J connectivity index is 1.99. The van der Waals surface area contributed by atoms with Crippen LogP contribution in [0.15, 0.2) is 18.2 Å². The van der Waals surface area contributed by atoms with E-state index in [1.807, 2.05) is 6.92 Å². The number of nitrogens with one attached hydrogen (secondary N) is 1. The number of carboxylic acid groups (broad SMARTS) is 1. The Morgan fingerprint density at radius 1 is 1.48 bits per heavy atom. The van der Waals surface area contributed by atoms with Gasteiger partial charge in [-0.2, -0.15) is 0 Å². The summed E-state index contributed by atoms with van der Waals surface area (Å²) >= 11 is 6.03. The highest BCUT2D eigenvalue weighted by molar-refractivity contribution is 6.31. The van der Waals surface area contributed by atoms with Gasteiger partial charge in [-0.3, -0.25) is 4.79 Å². The molecule has 2 amide bonds. The Hall–Kier alpha value is -1.75. The minimum atomic E-state index is -0.812. The smallest absolute Gasteiger partial charge is 0.321 e. The van der Waals surface area contributed by atoms with Crippen LogP contribution >= 0.6 is 11.6 Å². The van der Waals surface area contributed by atoms with Crippen LogP contribution < -0.4 is 5.32 Å². The molecule has 0 bridgehead atoms.